The SMILES string of the molecule is CCc1cc(-c2nc(-c3ccsc3)no2)cc(=O)[nH]1. The summed E-state index contributed by atoms with van der Waals surface area (Å²) in [7, 11) is 0. The molecule has 0 radical (unpaired) electrons. The van der Waals surface area contributed by atoms with E-state index in [0.717, 1.165) is 17.7 Å². The molecule has 0 aliphatic heterocycles. The smallest absolute Gasteiger partial charge is 0.258 e. The van der Waals surface area contributed by atoms with Crippen LogP contribution in [0.5, 0.6) is 0 Å². The van der Waals surface area contributed by atoms with Crippen LogP contribution in [0.15, 0.2) is 38.3 Å². The highest BCUT2D eigenvalue weighted by Gasteiger charge is 2.12. The number of thiophene rings is 1. The summed E-state index contributed by atoms with van der Waals surface area (Å²) in [6.07, 6.45) is 0.745. The van der Waals surface area contributed by atoms with Gasteiger partial charge in [-0.15, -0.1) is 0 Å². The van der Waals surface area contributed by atoms with Gasteiger partial charge in [0.1, 0.15) is 0 Å². The van der Waals surface area contributed by atoms with Crippen molar-refractivity contribution < 1.29 is 4.52 Å². The fourth-order valence-corrected chi connectivity index (χ4v) is 2.40. The van der Waals surface area contributed by atoms with E-state index in [1.54, 1.807) is 11.3 Å². The monoisotopic (exact) mass is 273 g/mol. The van der Waals surface area contributed by atoms with E-state index in [9.17, 15) is 4.79 Å². The molecule has 3 aromatic heterocycles. The second-order valence-electron chi connectivity index (χ2n) is 4.05. The maximum absolute atomic E-state index is 11.5. The Hall–Kier alpha value is -2.21. The third-order valence-corrected chi connectivity index (χ3v) is 3.42. The van der Waals surface area contributed by atoms with Gasteiger partial charge < -0.3 is 9.51 Å². The van der Waals surface area contributed by atoms with Gasteiger partial charge >= 0.3 is 0 Å². The number of hydrogen-bond acceptors (Lipinski definition) is 5. The molecule has 3 aromatic rings. The second-order valence-corrected chi connectivity index (χ2v) is 4.83. The first-order chi connectivity index (χ1) is 9.26. The molecule has 0 aliphatic rings. The van der Waals surface area contributed by atoms with Crippen molar-refractivity contribution in [2.75, 3.05) is 0 Å². The molecule has 96 valence electrons. The Morgan fingerprint density at radius 3 is 3.00 bits per heavy atom. The number of aromatic nitrogens is 3. The first-order valence-corrected chi connectivity index (χ1v) is 6.80. The number of nitrogens with zero attached hydrogens (tertiary/aromatic N) is 2. The van der Waals surface area contributed by atoms with Crippen molar-refractivity contribution in [2.45, 2.75) is 13.3 Å². The first kappa shape index (κ1) is 11.9. The van der Waals surface area contributed by atoms with E-state index in [0.29, 0.717) is 17.3 Å². The molecular formula is C13H11N3O2S. The van der Waals surface area contributed by atoms with Crippen LogP contribution < -0.4 is 5.56 Å². The predicted octanol–water partition coefficient (Wildman–Crippen LogP) is 2.72. The van der Waals surface area contributed by atoms with Crippen LogP contribution in [-0.4, -0.2) is 15.1 Å². The van der Waals surface area contributed by atoms with Crippen molar-refractivity contribution in [2.24, 2.45) is 0 Å². The van der Waals surface area contributed by atoms with Crippen molar-refractivity contribution in [3.05, 3.63) is 45.0 Å². The molecule has 6 heteroatoms. The van der Waals surface area contributed by atoms with E-state index in [2.05, 4.69) is 15.1 Å². The molecule has 5 nitrogen and oxygen atoms in total. The molecule has 0 saturated carbocycles. The average Bonchev–Trinajstić information content (AvgIpc) is 3.08. The maximum atomic E-state index is 11.5. The Morgan fingerprint density at radius 1 is 1.37 bits per heavy atom. The minimum Gasteiger partial charge on any atom is -0.334 e. The molecule has 0 unspecified atom stereocenters. The summed E-state index contributed by atoms with van der Waals surface area (Å²) < 4.78 is 5.22. The zero-order valence-corrected chi connectivity index (χ0v) is 11.0. The van der Waals surface area contributed by atoms with E-state index in [1.165, 1.54) is 6.07 Å². The van der Waals surface area contributed by atoms with Crippen LogP contribution in [0.4, 0.5) is 0 Å². The fourth-order valence-electron chi connectivity index (χ4n) is 1.76. The van der Waals surface area contributed by atoms with Crippen LogP contribution in [0.1, 0.15) is 12.6 Å². The first-order valence-electron chi connectivity index (χ1n) is 5.86. The van der Waals surface area contributed by atoms with Gasteiger partial charge in [-0.1, -0.05) is 12.1 Å². The van der Waals surface area contributed by atoms with Crippen LogP contribution in [0, 0.1) is 0 Å². The van der Waals surface area contributed by atoms with Crippen molar-refractivity contribution in [3.63, 3.8) is 0 Å². The van der Waals surface area contributed by atoms with Gasteiger partial charge in [-0.2, -0.15) is 16.3 Å². The van der Waals surface area contributed by atoms with Gasteiger partial charge in [0, 0.05) is 28.3 Å². The largest absolute Gasteiger partial charge is 0.334 e. The summed E-state index contributed by atoms with van der Waals surface area (Å²) >= 11 is 1.57. The number of hydrogen-bond donors (Lipinski definition) is 1. The van der Waals surface area contributed by atoms with E-state index >= 15 is 0 Å². The van der Waals surface area contributed by atoms with Crippen LogP contribution in [-0.2, 0) is 6.42 Å². The summed E-state index contributed by atoms with van der Waals surface area (Å²) in [5.74, 6) is 0.900. The molecule has 3 rings (SSSR count). The maximum Gasteiger partial charge on any atom is 0.258 e. The van der Waals surface area contributed by atoms with Crippen LogP contribution >= 0.6 is 11.3 Å². The summed E-state index contributed by atoms with van der Waals surface area (Å²) in [6.45, 7) is 1.97. The van der Waals surface area contributed by atoms with Crippen molar-refractivity contribution in [3.8, 4) is 22.8 Å². The zero-order valence-electron chi connectivity index (χ0n) is 10.2. The highest BCUT2D eigenvalue weighted by Crippen LogP contribution is 2.23. The molecule has 0 bridgehead atoms. The Labute approximate surface area is 112 Å². The molecular weight excluding hydrogens is 262 g/mol. The Bertz CT molecular complexity index is 743. The molecule has 0 amide bonds. The third-order valence-electron chi connectivity index (χ3n) is 2.73. The zero-order chi connectivity index (χ0) is 13.2. The van der Waals surface area contributed by atoms with E-state index in [4.69, 9.17) is 4.52 Å². The van der Waals surface area contributed by atoms with E-state index in [-0.39, 0.29) is 5.56 Å². The highest BCUT2D eigenvalue weighted by atomic mass is 32.1. The predicted molar refractivity (Wildman–Crippen MR) is 73.0 cm³/mol. The number of aryl methyl sites for hydroxylation is 1. The lowest BCUT2D eigenvalue weighted by atomic mass is 10.2. The molecule has 3 heterocycles. The lowest BCUT2D eigenvalue weighted by molar-refractivity contribution is 0.432. The molecule has 0 fully saturated rings. The molecule has 0 aliphatic carbocycles. The standard InChI is InChI=1S/C13H11N3O2S/c1-2-10-5-9(6-11(17)14-10)13-15-12(16-18-13)8-3-4-19-7-8/h3-7H,2H2,1H3,(H,14,17). The minimum atomic E-state index is -0.162. The average molecular weight is 273 g/mol. The van der Waals surface area contributed by atoms with Gasteiger partial charge in [0.15, 0.2) is 0 Å². The lowest BCUT2D eigenvalue weighted by Crippen LogP contribution is -2.07. The van der Waals surface area contributed by atoms with Gasteiger partial charge in [-0.3, -0.25) is 4.79 Å². The van der Waals surface area contributed by atoms with Gasteiger partial charge in [-0.05, 0) is 23.9 Å². The van der Waals surface area contributed by atoms with Crippen LogP contribution in [0.3, 0.4) is 0 Å². The fraction of sp³-hybridized carbons (Fsp3) is 0.154. The third kappa shape index (κ3) is 2.34. The highest BCUT2D eigenvalue weighted by molar-refractivity contribution is 7.08. The second kappa shape index (κ2) is 4.81. The molecule has 1 N–H and O–H groups in total. The number of aromatic amines is 1. The van der Waals surface area contributed by atoms with Crippen LogP contribution in [0.2, 0.25) is 0 Å². The summed E-state index contributed by atoms with van der Waals surface area (Å²) in [5, 5.41) is 7.83. The van der Waals surface area contributed by atoms with Crippen molar-refractivity contribution in [1.82, 2.24) is 15.1 Å². The molecule has 0 aromatic carbocycles. The van der Waals surface area contributed by atoms with Gasteiger partial charge in [0.25, 0.3) is 5.89 Å². The molecule has 0 spiro atoms. The van der Waals surface area contributed by atoms with Gasteiger partial charge in [0.05, 0.1) is 0 Å². The van der Waals surface area contributed by atoms with Gasteiger partial charge in [0.2, 0.25) is 11.4 Å². The molecule has 0 saturated heterocycles. The number of pyridine rings is 1. The quantitative estimate of drug-likeness (QED) is 0.796. The van der Waals surface area contributed by atoms with Gasteiger partial charge in [-0.25, -0.2) is 0 Å². The Balaban J connectivity index is 2.03. The lowest BCUT2D eigenvalue weighted by Gasteiger charge is -1.98. The Kier molecular flexibility index (Phi) is 3.00. The normalized spacial score (nSPS) is 10.8. The topological polar surface area (TPSA) is 71.8 Å². The summed E-state index contributed by atoms with van der Waals surface area (Å²) in [4.78, 5) is 18.6. The van der Waals surface area contributed by atoms with Crippen LogP contribution in [0.25, 0.3) is 22.8 Å². The minimum absolute atomic E-state index is 0.162. The van der Waals surface area contributed by atoms with Crippen molar-refractivity contribution in [1.29, 1.82) is 0 Å². The summed E-state index contributed by atoms with van der Waals surface area (Å²) in [6, 6.07) is 5.24. The summed E-state index contributed by atoms with van der Waals surface area (Å²) in [5.41, 5.74) is 2.25. The Morgan fingerprint density at radius 2 is 2.26 bits per heavy atom. The number of H-pyrrole nitrogens is 1. The number of rotatable bonds is 3. The number of nitrogens with one attached hydrogen (secondary N) is 1. The molecule has 0 atom stereocenters. The van der Waals surface area contributed by atoms with E-state index in [1.807, 2.05) is 29.8 Å². The molecule has 19 heavy (non-hydrogen) atoms. The van der Waals surface area contributed by atoms with Crippen molar-refractivity contribution >= 4 is 11.3 Å². The van der Waals surface area contributed by atoms with E-state index < -0.39 is 0 Å².